The SMILES string of the molecule is COCC(O)CCNC(=O)NC1CCCC1C. The lowest BCUT2D eigenvalue weighted by Crippen LogP contribution is -2.44. The molecular formula is C12H24N2O3. The molecule has 3 atom stereocenters. The Labute approximate surface area is 103 Å². The van der Waals surface area contributed by atoms with E-state index < -0.39 is 6.10 Å². The van der Waals surface area contributed by atoms with E-state index in [9.17, 15) is 9.90 Å². The summed E-state index contributed by atoms with van der Waals surface area (Å²) in [7, 11) is 1.55. The van der Waals surface area contributed by atoms with Crippen LogP contribution >= 0.6 is 0 Å². The van der Waals surface area contributed by atoms with Crippen LogP contribution in [-0.4, -0.2) is 43.5 Å². The van der Waals surface area contributed by atoms with Crippen molar-refractivity contribution in [2.75, 3.05) is 20.3 Å². The van der Waals surface area contributed by atoms with Crippen molar-refractivity contribution in [3.63, 3.8) is 0 Å². The number of carbonyl (C=O) groups excluding carboxylic acids is 1. The molecule has 1 fully saturated rings. The largest absolute Gasteiger partial charge is 0.391 e. The lowest BCUT2D eigenvalue weighted by atomic mass is 10.1. The number of nitrogens with one attached hydrogen (secondary N) is 2. The van der Waals surface area contributed by atoms with Crippen molar-refractivity contribution in [1.29, 1.82) is 0 Å². The number of aliphatic hydroxyl groups is 1. The van der Waals surface area contributed by atoms with Crippen LogP contribution < -0.4 is 10.6 Å². The van der Waals surface area contributed by atoms with Crippen molar-refractivity contribution in [2.24, 2.45) is 5.92 Å². The standard InChI is InChI=1S/C12H24N2O3/c1-9-4-3-5-11(9)14-12(16)13-7-6-10(15)8-17-2/h9-11,15H,3-8H2,1-2H3,(H2,13,14,16). The van der Waals surface area contributed by atoms with Gasteiger partial charge in [-0.3, -0.25) is 0 Å². The molecule has 17 heavy (non-hydrogen) atoms. The second kappa shape index (κ2) is 7.50. The molecule has 5 heteroatoms. The van der Waals surface area contributed by atoms with Gasteiger partial charge < -0.3 is 20.5 Å². The minimum absolute atomic E-state index is 0.131. The van der Waals surface area contributed by atoms with Crippen LogP contribution in [0.4, 0.5) is 4.79 Å². The number of hydrogen-bond acceptors (Lipinski definition) is 3. The number of hydrogen-bond donors (Lipinski definition) is 3. The van der Waals surface area contributed by atoms with E-state index in [1.807, 2.05) is 0 Å². The first kappa shape index (κ1) is 14.3. The lowest BCUT2D eigenvalue weighted by molar-refractivity contribution is 0.0598. The Morgan fingerprint density at radius 3 is 2.88 bits per heavy atom. The van der Waals surface area contributed by atoms with E-state index in [-0.39, 0.29) is 6.03 Å². The topological polar surface area (TPSA) is 70.6 Å². The highest BCUT2D eigenvalue weighted by Gasteiger charge is 2.24. The van der Waals surface area contributed by atoms with Crippen molar-refractivity contribution in [1.82, 2.24) is 10.6 Å². The second-order valence-electron chi connectivity index (χ2n) is 4.81. The summed E-state index contributed by atoms with van der Waals surface area (Å²) in [4.78, 5) is 11.5. The number of carbonyl (C=O) groups is 1. The summed E-state index contributed by atoms with van der Waals surface area (Å²) < 4.78 is 4.80. The van der Waals surface area contributed by atoms with Gasteiger partial charge in [0, 0.05) is 19.7 Å². The zero-order valence-electron chi connectivity index (χ0n) is 10.7. The Morgan fingerprint density at radius 2 is 2.29 bits per heavy atom. The predicted octanol–water partition coefficient (Wildman–Crippen LogP) is 0.872. The van der Waals surface area contributed by atoms with Crippen LogP contribution in [0.2, 0.25) is 0 Å². The van der Waals surface area contributed by atoms with Gasteiger partial charge in [0.2, 0.25) is 0 Å². The third-order valence-electron chi connectivity index (χ3n) is 3.30. The van der Waals surface area contributed by atoms with Gasteiger partial charge in [-0.2, -0.15) is 0 Å². The highest BCUT2D eigenvalue weighted by molar-refractivity contribution is 5.74. The fraction of sp³-hybridized carbons (Fsp3) is 0.917. The molecule has 0 aromatic carbocycles. The molecule has 3 unspecified atom stereocenters. The molecule has 0 aromatic rings. The van der Waals surface area contributed by atoms with Gasteiger partial charge in [-0.15, -0.1) is 0 Å². The summed E-state index contributed by atoms with van der Waals surface area (Å²) in [5, 5.41) is 15.1. The van der Waals surface area contributed by atoms with Gasteiger partial charge in [-0.05, 0) is 25.2 Å². The van der Waals surface area contributed by atoms with Crippen LogP contribution in [0.5, 0.6) is 0 Å². The zero-order valence-corrected chi connectivity index (χ0v) is 10.7. The Bertz CT molecular complexity index is 236. The molecule has 0 spiro atoms. The van der Waals surface area contributed by atoms with Crippen LogP contribution in [-0.2, 0) is 4.74 Å². The molecule has 100 valence electrons. The van der Waals surface area contributed by atoms with Crippen LogP contribution in [0.25, 0.3) is 0 Å². The first-order chi connectivity index (χ1) is 8.13. The van der Waals surface area contributed by atoms with Crippen molar-refractivity contribution in [3.8, 4) is 0 Å². The molecule has 1 rings (SSSR count). The number of urea groups is 1. The lowest BCUT2D eigenvalue weighted by Gasteiger charge is -2.18. The van der Waals surface area contributed by atoms with Crippen molar-refractivity contribution in [3.05, 3.63) is 0 Å². The molecule has 0 radical (unpaired) electrons. The maximum absolute atomic E-state index is 11.5. The molecule has 0 aliphatic heterocycles. The van der Waals surface area contributed by atoms with E-state index in [2.05, 4.69) is 17.6 Å². The smallest absolute Gasteiger partial charge is 0.315 e. The highest BCUT2D eigenvalue weighted by atomic mass is 16.5. The third kappa shape index (κ3) is 5.37. The van der Waals surface area contributed by atoms with E-state index in [0.717, 1.165) is 6.42 Å². The van der Waals surface area contributed by atoms with Gasteiger partial charge in [-0.25, -0.2) is 4.79 Å². The number of rotatable bonds is 6. The summed E-state index contributed by atoms with van der Waals surface area (Å²) in [5.74, 6) is 0.569. The third-order valence-corrected chi connectivity index (χ3v) is 3.30. The Kier molecular flexibility index (Phi) is 6.29. The van der Waals surface area contributed by atoms with Crippen molar-refractivity contribution >= 4 is 6.03 Å². The minimum Gasteiger partial charge on any atom is -0.391 e. The molecular weight excluding hydrogens is 220 g/mol. The highest BCUT2D eigenvalue weighted by Crippen LogP contribution is 2.24. The van der Waals surface area contributed by atoms with E-state index in [0.29, 0.717) is 31.5 Å². The molecule has 0 aromatic heterocycles. The second-order valence-corrected chi connectivity index (χ2v) is 4.81. The molecule has 1 aliphatic rings. The summed E-state index contributed by atoms with van der Waals surface area (Å²) >= 11 is 0. The predicted molar refractivity (Wildman–Crippen MR) is 65.8 cm³/mol. The number of amides is 2. The summed E-state index contributed by atoms with van der Waals surface area (Å²) in [6, 6.07) is 0.173. The monoisotopic (exact) mass is 244 g/mol. The molecule has 1 saturated carbocycles. The van der Waals surface area contributed by atoms with Crippen LogP contribution in [0.15, 0.2) is 0 Å². The van der Waals surface area contributed by atoms with Crippen LogP contribution in [0.3, 0.4) is 0 Å². The molecule has 0 saturated heterocycles. The molecule has 5 nitrogen and oxygen atoms in total. The quantitative estimate of drug-likeness (QED) is 0.649. The van der Waals surface area contributed by atoms with E-state index in [1.54, 1.807) is 7.11 Å². The molecule has 0 heterocycles. The maximum atomic E-state index is 11.5. The normalized spacial score (nSPS) is 25.6. The molecule has 1 aliphatic carbocycles. The van der Waals surface area contributed by atoms with E-state index in [1.165, 1.54) is 12.8 Å². The van der Waals surface area contributed by atoms with Gasteiger partial charge in [0.15, 0.2) is 0 Å². The molecule has 3 N–H and O–H groups in total. The summed E-state index contributed by atoms with van der Waals surface area (Å²) in [5.41, 5.74) is 0. The number of aliphatic hydroxyl groups excluding tert-OH is 1. The molecule has 0 bridgehead atoms. The van der Waals surface area contributed by atoms with Gasteiger partial charge in [0.1, 0.15) is 0 Å². The van der Waals surface area contributed by atoms with Gasteiger partial charge in [-0.1, -0.05) is 13.3 Å². The fourth-order valence-electron chi connectivity index (χ4n) is 2.21. The average Bonchev–Trinajstić information content (AvgIpc) is 2.65. The number of ether oxygens (including phenoxy) is 1. The fourth-order valence-corrected chi connectivity index (χ4v) is 2.21. The summed E-state index contributed by atoms with van der Waals surface area (Å²) in [6.45, 7) is 2.95. The van der Waals surface area contributed by atoms with Crippen molar-refractivity contribution in [2.45, 2.75) is 44.8 Å². The van der Waals surface area contributed by atoms with E-state index in [4.69, 9.17) is 4.74 Å². The molecule has 2 amide bonds. The van der Waals surface area contributed by atoms with Gasteiger partial charge in [0.05, 0.1) is 12.7 Å². The van der Waals surface area contributed by atoms with Gasteiger partial charge in [0.25, 0.3) is 0 Å². The maximum Gasteiger partial charge on any atom is 0.315 e. The van der Waals surface area contributed by atoms with Crippen LogP contribution in [0, 0.1) is 5.92 Å². The van der Waals surface area contributed by atoms with E-state index >= 15 is 0 Å². The minimum atomic E-state index is -0.509. The first-order valence-corrected chi connectivity index (χ1v) is 6.35. The summed E-state index contributed by atoms with van der Waals surface area (Å²) in [6.07, 6.45) is 3.46. The van der Waals surface area contributed by atoms with Crippen LogP contribution in [0.1, 0.15) is 32.6 Å². The Morgan fingerprint density at radius 1 is 1.53 bits per heavy atom. The number of methoxy groups -OCH3 is 1. The Balaban J connectivity index is 2.08. The van der Waals surface area contributed by atoms with Crippen molar-refractivity contribution < 1.29 is 14.6 Å². The zero-order chi connectivity index (χ0) is 12.7. The average molecular weight is 244 g/mol. The van der Waals surface area contributed by atoms with Gasteiger partial charge >= 0.3 is 6.03 Å². The Hall–Kier alpha value is -0.810. The first-order valence-electron chi connectivity index (χ1n) is 6.35.